The number of hydrogen-bond acceptors (Lipinski definition) is 3. The molecule has 1 aromatic rings. The number of rotatable bonds is 9. The molecule has 2 N–H and O–H groups in total. The zero-order chi connectivity index (χ0) is 15.3. The number of aliphatic imine (C=N–C) groups is 1. The predicted molar refractivity (Wildman–Crippen MR) is 109 cm³/mol. The van der Waals surface area contributed by atoms with Crippen molar-refractivity contribution in [2.75, 3.05) is 38.2 Å². The number of ether oxygens (including phenoxy) is 1. The maximum Gasteiger partial charge on any atom is 0.191 e. The lowest BCUT2D eigenvalue weighted by Crippen LogP contribution is -2.39. The first-order valence-electron chi connectivity index (χ1n) is 7.47. The minimum atomic E-state index is 0. The van der Waals surface area contributed by atoms with Gasteiger partial charge in [0.2, 0.25) is 0 Å². The number of thioether (sulfide) groups is 1. The van der Waals surface area contributed by atoms with Crippen LogP contribution in [0, 0.1) is 6.92 Å². The average molecular weight is 437 g/mol. The van der Waals surface area contributed by atoms with Gasteiger partial charge in [-0.1, -0.05) is 17.7 Å². The second-order valence-corrected chi connectivity index (χ2v) is 5.68. The fraction of sp³-hybridized carbons (Fsp3) is 0.562. The quantitative estimate of drug-likeness (QED) is 0.269. The van der Waals surface area contributed by atoms with Gasteiger partial charge < -0.3 is 15.4 Å². The van der Waals surface area contributed by atoms with Gasteiger partial charge >= 0.3 is 0 Å². The molecule has 0 aliphatic heterocycles. The Morgan fingerprint density at radius 3 is 2.59 bits per heavy atom. The second-order valence-electron chi connectivity index (χ2n) is 4.70. The SMILES string of the molecule is CCNC(=NCCCSC)NCCOc1ccc(C)cc1.I. The van der Waals surface area contributed by atoms with E-state index >= 15 is 0 Å². The lowest BCUT2D eigenvalue weighted by molar-refractivity contribution is 0.322. The maximum atomic E-state index is 5.68. The lowest BCUT2D eigenvalue weighted by atomic mass is 10.2. The van der Waals surface area contributed by atoms with E-state index in [1.807, 2.05) is 23.9 Å². The molecule has 4 nitrogen and oxygen atoms in total. The van der Waals surface area contributed by atoms with Crippen molar-refractivity contribution >= 4 is 41.7 Å². The first-order valence-corrected chi connectivity index (χ1v) is 8.86. The molecule has 0 bridgehead atoms. The van der Waals surface area contributed by atoms with Crippen LogP contribution in [0.4, 0.5) is 0 Å². The van der Waals surface area contributed by atoms with Gasteiger partial charge in [0.1, 0.15) is 12.4 Å². The van der Waals surface area contributed by atoms with Gasteiger partial charge in [0.25, 0.3) is 0 Å². The Hall–Kier alpha value is -0.630. The maximum absolute atomic E-state index is 5.68. The van der Waals surface area contributed by atoms with Gasteiger partial charge in [-0.05, 0) is 44.4 Å². The Kier molecular flexibility index (Phi) is 13.6. The average Bonchev–Trinajstić information content (AvgIpc) is 2.49. The zero-order valence-corrected chi connectivity index (χ0v) is 16.9. The molecule has 0 aromatic heterocycles. The van der Waals surface area contributed by atoms with Crippen LogP contribution in [0.25, 0.3) is 0 Å². The van der Waals surface area contributed by atoms with E-state index in [4.69, 9.17) is 4.74 Å². The number of benzene rings is 1. The normalized spacial score (nSPS) is 10.8. The van der Waals surface area contributed by atoms with Gasteiger partial charge in [-0.3, -0.25) is 4.99 Å². The number of hydrogen-bond donors (Lipinski definition) is 2. The molecule has 0 saturated carbocycles. The monoisotopic (exact) mass is 437 g/mol. The summed E-state index contributed by atoms with van der Waals surface area (Å²) in [7, 11) is 0. The van der Waals surface area contributed by atoms with Crippen LogP contribution in [-0.2, 0) is 0 Å². The van der Waals surface area contributed by atoms with Crippen molar-refractivity contribution in [2.45, 2.75) is 20.3 Å². The molecule has 0 spiro atoms. The van der Waals surface area contributed by atoms with Crippen LogP contribution in [0.2, 0.25) is 0 Å². The van der Waals surface area contributed by atoms with Crippen molar-refractivity contribution in [1.82, 2.24) is 10.6 Å². The molecular weight excluding hydrogens is 409 g/mol. The molecule has 0 fully saturated rings. The number of aryl methyl sites for hydroxylation is 1. The van der Waals surface area contributed by atoms with E-state index in [-0.39, 0.29) is 24.0 Å². The standard InChI is InChI=1S/C16H27N3OS.HI/c1-4-17-16(18-10-5-13-21-3)19-11-12-20-15-8-6-14(2)7-9-15;/h6-9H,4-5,10-13H2,1-3H3,(H2,17,18,19);1H. The molecule has 0 aliphatic rings. The van der Waals surface area contributed by atoms with E-state index in [9.17, 15) is 0 Å². The molecule has 6 heteroatoms. The fourth-order valence-corrected chi connectivity index (χ4v) is 2.13. The van der Waals surface area contributed by atoms with Gasteiger partial charge in [-0.15, -0.1) is 24.0 Å². The van der Waals surface area contributed by atoms with Crippen molar-refractivity contribution in [3.63, 3.8) is 0 Å². The summed E-state index contributed by atoms with van der Waals surface area (Å²) in [5.74, 6) is 2.93. The molecule has 0 atom stereocenters. The Labute approximate surface area is 155 Å². The van der Waals surface area contributed by atoms with E-state index in [2.05, 4.69) is 47.9 Å². The minimum absolute atomic E-state index is 0. The summed E-state index contributed by atoms with van der Waals surface area (Å²) >= 11 is 1.86. The van der Waals surface area contributed by atoms with Crippen LogP contribution in [0.5, 0.6) is 5.75 Å². The van der Waals surface area contributed by atoms with Crippen LogP contribution in [0.1, 0.15) is 18.9 Å². The lowest BCUT2D eigenvalue weighted by Gasteiger charge is -2.12. The smallest absolute Gasteiger partial charge is 0.191 e. The molecule has 0 radical (unpaired) electrons. The molecule has 1 rings (SSSR count). The molecule has 22 heavy (non-hydrogen) atoms. The summed E-state index contributed by atoms with van der Waals surface area (Å²) in [6.07, 6.45) is 3.23. The van der Waals surface area contributed by atoms with Gasteiger partial charge in [0.15, 0.2) is 5.96 Å². The summed E-state index contributed by atoms with van der Waals surface area (Å²) in [4.78, 5) is 4.53. The fourth-order valence-electron chi connectivity index (χ4n) is 1.71. The molecule has 0 heterocycles. The third-order valence-corrected chi connectivity index (χ3v) is 3.50. The van der Waals surface area contributed by atoms with E-state index in [1.165, 1.54) is 5.56 Å². The van der Waals surface area contributed by atoms with Crippen LogP contribution in [0.3, 0.4) is 0 Å². The van der Waals surface area contributed by atoms with Crippen molar-refractivity contribution in [3.8, 4) is 5.75 Å². The van der Waals surface area contributed by atoms with Crippen molar-refractivity contribution in [3.05, 3.63) is 29.8 Å². The highest BCUT2D eigenvalue weighted by atomic mass is 127. The third-order valence-electron chi connectivity index (χ3n) is 2.80. The van der Waals surface area contributed by atoms with Gasteiger partial charge in [-0.2, -0.15) is 11.8 Å². The van der Waals surface area contributed by atoms with E-state index < -0.39 is 0 Å². The first kappa shape index (κ1) is 21.4. The van der Waals surface area contributed by atoms with Gasteiger partial charge in [0, 0.05) is 13.1 Å². The molecule has 0 amide bonds. The predicted octanol–water partition coefficient (Wildman–Crippen LogP) is 3.30. The third kappa shape index (κ3) is 10.2. The second kappa shape index (κ2) is 14.0. The highest BCUT2D eigenvalue weighted by molar-refractivity contribution is 14.0. The minimum Gasteiger partial charge on any atom is -0.492 e. The van der Waals surface area contributed by atoms with Gasteiger partial charge in [-0.25, -0.2) is 0 Å². The number of halogens is 1. The van der Waals surface area contributed by atoms with E-state index in [0.29, 0.717) is 6.61 Å². The molecular formula is C16H28IN3OS. The highest BCUT2D eigenvalue weighted by Gasteiger charge is 1.97. The van der Waals surface area contributed by atoms with Gasteiger partial charge in [0.05, 0.1) is 6.54 Å². The number of nitrogens with one attached hydrogen (secondary N) is 2. The summed E-state index contributed by atoms with van der Waals surface area (Å²) in [5, 5.41) is 6.53. The summed E-state index contributed by atoms with van der Waals surface area (Å²) in [6.45, 7) is 7.23. The highest BCUT2D eigenvalue weighted by Crippen LogP contribution is 2.10. The van der Waals surface area contributed by atoms with E-state index in [1.54, 1.807) is 0 Å². The molecule has 126 valence electrons. The summed E-state index contributed by atoms with van der Waals surface area (Å²) in [5.41, 5.74) is 1.24. The Morgan fingerprint density at radius 2 is 1.95 bits per heavy atom. The summed E-state index contributed by atoms with van der Waals surface area (Å²) < 4.78 is 5.68. The van der Waals surface area contributed by atoms with Crippen LogP contribution in [0.15, 0.2) is 29.3 Å². The zero-order valence-electron chi connectivity index (χ0n) is 13.7. The Morgan fingerprint density at radius 1 is 1.23 bits per heavy atom. The van der Waals surface area contributed by atoms with Crippen LogP contribution in [-0.4, -0.2) is 44.2 Å². The topological polar surface area (TPSA) is 45.7 Å². The number of guanidine groups is 1. The Balaban J connectivity index is 0.00000441. The first-order chi connectivity index (χ1) is 10.3. The Bertz CT molecular complexity index is 412. The molecule has 0 aliphatic carbocycles. The van der Waals surface area contributed by atoms with Crippen molar-refractivity contribution < 1.29 is 4.74 Å². The largest absolute Gasteiger partial charge is 0.492 e. The number of nitrogens with zero attached hydrogens (tertiary/aromatic N) is 1. The van der Waals surface area contributed by atoms with Crippen LogP contribution < -0.4 is 15.4 Å². The molecule has 0 saturated heterocycles. The van der Waals surface area contributed by atoms with Crippen molar-refractivity contribution in [2.24, 2.45) is 4.99 Å². The van der Waals surface area contributed by atoms with E-state index in [0.717, 1.165) is 43.5 Å². The molecule has 0 unspecified atom stereocenters. The summed E-state index contributed by atoms with van der Waals surface area (Å²) in [6, 6.07) is 8.11. The molecule has 1 aromatic carbocycles. The van der Waals surface area contributed by atoms with Crippen molar-refractivity contribution in [1.29, 1.82) is 0 Å². The van der Waals surface area contributed by atoms with Crippen LogP contribution >= 0.6 is 35.7 Å².